The molecule has 1 unspecified atom stereocenters. The van der Waals surface area contributed by atoms with Gasteiger partial charge in [-0.1, -0.05) is 26.3 Å². The molecule has 0 amide bonds. The van der Waals surface area contributed by atoms with Crippen molar-refractivity contribution in [1.82, 2.24) is 19.3 Å². The third kappa shape index (κ3) is 2.36. The zero-order valence-corrected chi connectivity index (χ0v) is 14.2. The Morgan fingerprint density at radius 2 is 2.24 bits per heavy atom. The van der Waals surface area contributed by atoms with E-state index in [1.165, 1.54) is 4.88 Å². The van der Waals surface area contributed by atoms with Crippen LogP contribution in [0.2, 0.25) is 0 Å². The van der Waals surface area contributed by atoms with E-state index in [2.05, 4.69) is 46.0 Å². The molecule has 0 bridgehead atoms. The van der Waals surface area contributed by atoms with Gasteiger partial charge in [0, 0.05) is 11.9 Å². The maximum atomic E-state index is 5.60. The summed E-state index contributed by atoms with van der Waals surface area (Å²) in [5, 5.41) is 6.78. The van der Waals surface area contributed by atoms with E-state index < -0.39 is 0 Å². The summed E-state index contributed by atoms with van der Waals surface area (Å²) in [6.07, 6.45) is 3.07. The van der Waals surface area contributed by atoms with Crippen molar-refractivity contribution < 1.29 is 0 Å². The Bertz CT molecular complexity index is 792. The molecule has 0 aliphatic carbocycles. The SMILES string of the molecule is CCCc1nn(C)c2c1[nH]c(=S)n2C(CC)c1cccs1. The van der Waals surface area contributed by atoms with Crippen LogP contribution in [0.3, 0.4) is 0 Å². The van der Waals surface area contributed by atoms with Gasteiger partial charge in [-0.15, -0.1) is 11.3 Å². The second-order valence-corrected chi connectivity index (χ2v) is 6.62. The number of nitrogens with zero attached hydrogens (tertiary/aromatic N) is 3. The van der Waals surface area contributed by atoms with Crippen LogP contribution in [0, 0.1) is 4.77 Å². The molecule has 0 spiro atoms. The summed E-state index contributed by atoms with van der Waals surface area (Å²) in [6.45, 7) is 4.38. The van der Waals surface area contributed by atoms with Crippen molar-refractivity contribution in [2.75, 3.05) is 0 Å². The zero-order valence-electron chi connectivity index (χ0n) is 12.6. The van der Waals surface area contributed by atoms with Gasteiger partial charge in [0.05, 0.1) is 11.7 Å². The molecule has 0 aliphatic heterocycles. The fraction of sp³-hybridized carbons (Fsp3) is 0.467. The normalized spacial score (nSPS) is 13.1. The number of H-pyrrole nitrogens is 1. The van der Waals surface area contributed by atoms with Crippen LogP contribution in [0.25, 0.3) is 11.2 Å². The standard InChI is InChI=1S/C15H20N4S2/c1-4-7-10-13-14(18(3)17-10)19(15(20)16-13)11(5-2)12-8-6-9-21-12/h6,8-9,11H,4-5,7H2,1-3H3,(H,16,20). The van der Waals surface area contributed by atoms with Crippen molar-refractivity contribution in [1.29, 1.82) is 0 Å². The van der Waals surface area contributed by atoms with Gasteiger partial charge in [0.1, 0.15) is 5.52 Å². The Morgan fingerprint density at radius 1 is 1.43 bits per heavy atom. The molecule has 0 fully saturated rings. The van der Waals surface area contributed by atoms with Crippen LogP contribution in [0.15, 0.2) is 17.5 Å². The summed E-state index contributed by atoms with van der Waals surface area (Å²) in [4.78, 5) is 4.72. The Hall–Kier alpha value is -1.40. The molecule has 0 radical (unpaired) electrons. The maximum absolute atomic E-state index is 5.60. The summed E-state index contributed by atoms with van der Waals surface area (Å²) < 4.78 is 4.97. The highest BCUT2D eigenvalue weighted by atomic mass is 32.1. The summed E-state index contributed by atoms with van der Waals surface area (Å²) in [5.41, 5.74) is 3.31. The maximum Gasteiger partial charge on any atom is 0.179 e. The number of fused-ring (bicyclic) bond motifs is 1. The second-order valence-electron chi connectivity index (χ2n) is 5.26. The second kappa shape index (κ2) is 5.77. The highest BCUT2D eigenvalue weighted by molar-refractivity contribution is 7.71. The number of aromatic amines is 1. The molecule has 6 heteroatoms. The molecule has 0 saturated heterocycles. The third-order valence-electron chi connectivity index (χ3n) is 3.83. The summed E-state index contributed by atoms with van der Waals surface area (Å²) in [7, 11) is 2.00. The zero-order chi connectivity index (χ0) is 15.0. The van der Waals surface area contributed by atoms with E-state index >= 15 is 0 Å². The number of hydrogen-bond acceptors (Lipinski definition) is 3. The van der Waals surface area contributed by atoms with Crippen LogP contribution in [0.4, 0.5) is 0 Å². The first kappa shape index (κ1) is 14.5. The van der Waals surface area contributed by atoms with Crippen molar-refractivity contribution in [2.45, 2.75) is 39.2 Å². The Labute approximate surface area is 133 Å². The molecule has 1 N–H and O–H groups in total. The lowest BCUT2D eigenvalue weighted by atomic mass is 10.2. The van der Waals surface area contributed by atoms with E-state index in [-0.39, 0.29) is 6.04 Å². The number of nitrogens with one attached hydrogen (secondary N) is 1. The number of aryl methyl sites for hydroxylation is 2. The number of thiophene rings is 1. The quantitative estimate of drug-likeness (QED) is 0.706. The van der Waals surface area contributed by atoms with Gasteiger partial charge in [-0.25, -0.2) is 0 Å². The fourth-order valence-electron chi connectivity index (χ4n) is 2.93. The molecule has 0 aliphatic rings. The molecule has 3 rings (SSSR count). The van der Waals surface area contributed by atoms with Gasteiger partial charge in [0.15, 0.2) is 10.4 Å². The van der Waals surface area contributed by atoms with Gasteiger partial charge in [-0.2, -0.15) is 5.10 Å². The molecule has 1 atom stereocenters. The predicted molar refractivity (Wildman–Crippen MR) is 90.6 cm³/mol. The Morgan fingerprint density at radius 3 is 2.86 bits per heavy atom. The average Bonchev–Trinajstić information content (AvgIpc) is 3.14. The van der Waals surface area contributed by atoms with Crippen LogP contribution in [0.5, 0.6) is 0 Å². The van der Waals surface area contributed by atoms with E-state index in [0.717, 1.165) is 40.9 Å². The first-order chi connectivity index (χ1) is 10.2. The lowest BCUT2D eigenvalue weighted by Crippen LogP contribution is -2.11. The largest absolute Gasteiger partial charge is 0.328 e. The van der Waals surface area contributed by atoms with E-state index in [1.807, 2.05) is 11.7 Å². The number of rotatable bonds is 5. The predicted octanol–water partition coefficient (Wildman–Crippen LogP) is 4.45. The van der Waals surface area contributed by atoms with E-state index in [0.29, 0.717) is 0 Å². The van der Waals surface area contributed by atoms with Gasteiger partial charge >= 0.3 is 0 Å². The molecule has 0 aromatic carbocycles. The molecule has 3 aromatic heterocycles. The van der Waals surface area contributed by atoms with E-state index in [9.17, 15) is 0 Å². The molecular formula is C15H20N4S2. The average molecular weight is 320 g/mol. The molecule has 21 heavy (non-hydrogen) atoms. The molecule has 112 valence electrons. The Kier molecular flexibility index (Phi) is 3.99. The highest BCUT2D eigenvalue weighted by Gasteiger charge is 2.21. The minimum atomic E-state index is 0.274. The van der Waals surface area contributed by atoms with Gasteiger partial charge in [0.25, 0.3) is 0 Å². The first-order valence-electron chi connectivity index (χ1n) is 7.36. The molecule has 3 aromatic rings. The van der Waals surface area contributed by atoms with Crippen molar-refractivity contribution >= 4 is 34.7 Å². The van der Waals surface area contributed by atoms with Crippen LogP contribution in [-0.4, -0.2) is 19.3 Å². The summed E-state index contributed by atoms with van der Waals surface area (Å²) in [6, 6.07) is 4.56. The highest BCUT2D eigenvalue weighted by Crippen LogP contribution is 2.31. The third-order valence-corrected chi connectivity index (χ3v) is 5.10. The van der Waals surface area contributed by atoms with Crippen LogP contribution < -0.4 is 0 Å². The molecule has 4 nitrogen and oxygen atoms in total. The van der Waals surface area contributed by atoms with Gasteiger partial charge in [0.2, 0.25) is 0 Å². The smallest absolute Gasteiger partial charge is 0.179 e. The molecule has 3 heterocycles. The van der Waals surface area contributed by atoms with E-state index in [4.69, 9.17) is 12.2 Å². The van der Waals surface area contributed by atoms with Gasteiger partial charge in [-0.3, -0.25) is 9.25 Å². The molecule has 0 saturated carbocycles. The number of aromatic nitrogens is 4. The van der Waals surface area contributed by atoms with E-state index in [1.54, 1.807) is 11.3 Å². The number of imidazole rings is 1. The van der Waals surface area contributed by atoms with Crippen molar-refractivity contribution in [2.24, 2.45) is 7.05 Å². The van der Waals surface area contributed by atoms with Crippen molar-refractivity contribution in [3.8, 4) is 0 Å². The fourth-order valence-corrected chi connectivity index (χ4v) is 4.15. The van der Waals surface area contributed by atoms with Crippen molar-refractivity contribution in [3.05, 3.63) is 32.9 Å². The monoisotopic (exact) mass is 320 g/mol. The first-order valence-corrected chi connectivity index (χ1v) is 8.65. The van der Waals surface area contributed by atoms with Gasteiger partial charge < -0.3 is 4.98 Å². The minimum absolute atomic E-state index is 0.274. The summed E-state index contributed by atoms with van der Waals surface area (Å²) in [5.74, 6) is 0. The van der Waals surface area contributed by atoms with Gasteiger partial charge in [-0.05, 0) is 36.5 Å². The minimum Gasteiger partial charge on any atom is -0.328 e. The van der Waals surface area contributed by atoms with Crippen molar-refractivity contribution in [3.63, 3.8) is 0 Å². The van der Waals surface area contributed by atoms with Crippen LogP contribution in [0.1, 0.15) is 43.3 Å². The molecular weight excluding hydrogens is 300 g/mol. The van der Waals surface area contributed by atoms with Crippen LogP contribution in [-0.2, 0) is 13.5 Å². The number of hydrogen-bond donors (Lipinski definition) is 1. The lowest BCUT2D eigenvalue weighted by molar-refractivity contribution is 0.567. The topological polar surface area (TPSA) is 38.5 Å². The summed E-state index contributed by atoms with van der Waals surface area (Å²) >= 11 is 7.38. The Balaban J connectivity index is 2.22. The van der Waals surface area contributed by atoms with Crippen LogP contribution >= 0.6 is 23.6 Å². The lowest BCUT2D eigenvalue weighted by Gasteiger charge is -2.16.